The van der Waals surface area contributed by atoms with Crippen LogP contribution >= 0.6 is 0 Å². The predicted octanol–water partition coefficient (Wildman–Crippen LogP) is 16.8. The molecule has 10 aromatic carbocycles. The fourth-order valence-electron chi connectivity index (χ4n) is 10.9. The standard InChI is InChI=1S/C64H39F3N6/c65-64(66,67)43-21-15-20-42(36-43)47-33-30-44(37-54(47)63-69-61(40-16-3-1-4-17-40)68-62(70-63)41-18-5-2-6-19-41)73-59-38-45(71-55-26-11-7-22-48(55)49-23-8-12-27-56(49)71)31-34-52(59)53-35-32-46(39-60(53)73)72-57-28-13-9-24-50(57)51-25-10-14-29-58(51)72/h1-39H. The molecule has 0 aliphatic heterocycles. The Morgan fingerprint density at radius 3 is 1.11 bits per heavy atom. The monoisotopic (exact) mass is 948 g/mol. The first kappa shape index (κ1) is 42.3. The van der Waals surface area contributed by atoms with Crippen LogP contribution in [0.15, 0.2) is 237 Å². The van der Waals surface area contributed by atoms with Crippen molar-refractivity contribution < 1.29 is 13.2 Å². The van der Waals surface area contributed by atoms with Gasteiger partial charge in [-0.25, -0.2) is 15.0 Å². The smallest absolute Gasteiger partial charge is 0.309 e. The van der Waals surface area contributed by atoms with Gasteiger partial charge in [-0.2, -0.15) is 13.2 Å². The topological polar surface area (TPSA) is 53.5 Å². The molecule has 73 heavy (non-hydrogen) atoms. The molecule has 6 nitrogen and oxygen atoms in total. The number of nitrogens with zero attached hydrogens (tertiary/aromatic N) is 6. The molecule has 0 bridgehead atoms. The Labute approximate surface area is 416 Å². The Morgan fingerprint density at radius 2 is 0.644 bits per heavy atom. The van der Waals surface area contributed by atoms with Crippen molar-refractivity contribution in [2.75, 3.05) is 0 Å². The summed E-state index contributed by atoms with van der Waals surface area (Å²) in [6, 6.07) is 77.9. The Morgan fingerprint density at radius 1 is 0.274 bits per heavy atom. The quantitative estimate of drug-likeness (QED) is 0.160. The molecule has 0 aliphatic rings. The predicted molar refractivity (Wildman–Crippen MR) is 290 cm³/mol. The fraction of sp³-hybridized carbons (Fsp3) is 0.0156. The van der Waals surface area contributed by atoms with Gasteiger partial charge in [-0.15, -0.1) is 0 Å². The van der Waals surface area contributed by atoms with E-state index in [0.717, 1.165) is 99.7 Å². The number of hydrogen-bond donors (Lipinski definition) is 0. The third kappa shape index (κ3) is 6.92. The summed E-state index contributed by atoms with van der Waals surface area (Å²) in [5.41, 5.74) is 11.2. The lowest BCUT2D eigenvalue weighted by Gasteiger charge is -2.17. The molecule has 0 amide bonds. The summed E-state index contributed by atoms with van der Waals surface area (Å²) in [5.74, 6) is 1.20. The molecule has 0 saturated heterocycles. The first-order valence-corrected chi connectivity index (χ1v) is 24.1. The summed E-state index contributed by atoms with van der Waals surface area (Å²) in [6.45, 7) is 0. The average molecular weight is 949 g/mol. The molecule has 0 fully saturated rings. The zero-order chi connectivity index (χ0) is 48.8. The van der Waals surface area contributed by atoms with Gasteiger partial charge in [0.05, 0.1) is 38.7 Å². The third-order valence-corrected chi connectivity index (χ3v) is 14.1. The summed E-state index contributed by atoms with van der Waals surface area (Å²) in [7, 11) is 0. The zero-order valence-electron chi connectivity index (χ0n) is 38.8. The van der Waals surface area contributed by atoms with Gasteiger partial charge in [0, 0.05) is 66.1 Å². The minimum atomic E-state index is -4.56. The van der Waals surface area contributed by atoms with Crippen LogP contribution in [0.4, 0.5) is 13.2 Å². The Bertz CT molecular complexity index is 4160. The van der Waals surface area contributed by atoms with Gasteiger partial charge in [0.25, 0.3) is 0 Å². The van der Waals surface area contributed by atoms with Crippen LogP contribution in [0.3, 0.4) is 0 Å². The zero-order valence-corrected chi connectivity index (χ0v) is 38.8. The van der Waals surface area contributed by atoms with Crippen molar-refractivity contribution in [2.24, 2.45) is 0 Å². The molecule has 0 N–H and O–H groups in total. The van der Waals surface area contributed by atoms with Crippen molar-refractivity contribution in [3.8, 4) is 62.4 Å². The maximum Gasteiger partial charge on any atom is 0.416 e. The average Bonchev–Trinajstić information content (AvgIpc) is 4.08. The molecule has 4 heterocycles. The van der Waals surface area contributed by atoms with Gasteiger partial charge >= 0.3 is 6.18 Å². The lowest BCUT2D eigenvalue weighted by molar-refractivity contribution is -0.137. The van der Waals surface area contributed by atoms with Gasteiger partial charge in [-0.05, 0) is 83.9 Å². The van der Waals surface area contributed by atoms with Crippen LogP contribution in [0.2, 0.25) is 0 Å². The molecule has 0 radical (unpaired) electrons. The molecular weight excluding hydrogens is 910 g/mol. The van der Waals surface area contributed by atoms with Crippen molar-refractivity contribution in [1.82, 2.24) is 28.7 Å². The molecule has 0 aliphatic carbocycles. The van der Waals surface area contributed by atoms with Crippen LogP contribution < -0.4 is 0 Å². The fourth-order valence-corrected chi connectivity index (χ4v) is 10.9. The van der Waals surface area contributed by atoms with E-state index in [9.17, 15) is 13.2 Å². The number of benzene rings is 10. The second-order valence-corrected chi connectivity index (χ2v) is 18.3. The SMILES string of the molecule is FC(F)(F)c1cccc(-c2ccc(-n3c4cc(-n5c6ccccc6c6ccccc65)ccc4c4ccc(-n5c6ccccc6c6ccccc65)cc43)cc2-c2nc(-c3ccccc3)nc(-c3ccccc3)n2)c1. The number of para-hydroxylation sites is 4. The van der Waals surface area contributed by atoms with Crippen molar-refractivity contribution in [2.45, 2.75) is 6.18 Å². The van der Waals surface area contributed by atoms with Gasteiger partial charge < -0.3 is 13.7 Å². The van der Waals surface area contributed by atoms with Crippen LogP contribution in [-0.2, 0) is 6.18 Å². The maximum absolute atomic E-state index is 14.5. The van der Waals surface area contributed by atoms with E-state index in [1.807, 2.05) is 78.9 Å². The minimum Gasteiger partial charge on any atom is -0.309 e. The summed E-state index contributed by atoms with van der Waals surface area (Å²) >= 11 is 0. The first-order chi connectivity index (χ1) is 35.8. The van der Waals surface area contributed by atoms with E-state index in [4.69, 9.17) is 15.0 Å². The largest absolute Gasteiger partial charge is 0.416 e. The number of hydrogen-bond acceptors (Lipinski definition) is 3. The Hall–Kier alpha value is -9.60. The van der Waals surface area contributed by atoms with E-state index in [2.05, 4.69) is 147 Å². The van der Waals surface area contributed by atoms with Gasteiger partial charge in [0.15, 0.2) is 17.5 Å². The van der Waals surface area contributed by atoms with Crippen LogP contribution in [0.25, 0.3) is 128 Å². The molecule has 0 atom stereocenters. The Balaban J connectivity index is 1.08. The molecule has 14 aromatic rings. The maximum atomic E-state index is 14.5. The van der Waals surface area contributed by atoms with Gasteiger partial charge in [-0.1, -0.05) is 164 Å². The highest BCUT2D eigenvalue weighted by molar-refractivity contribution is 6.13. The van der Waals surface area contributed by atoms with E-state index in [-0.39, 0.29) is 0 Å². The van der Waals surface area contributed by atoms with E-state index in [0.29, 0.717) is 34.2 Å². The lowest BCUT2D eigenvalue weighted by atomic mass is 9.96. The highest BCUT2D eigenvalue weighted by Gasteiger charge is 2.31. The third-order valence-electron chi connectivity index (χ3n) is 14.1. The van der Waals surface area contributed by atoms with Crippen LogP contribution in [-0.4, -0.2) is 28.7 Å². The van der Waals surface area contributed by atoms with E-state index in [1.165, 1.54) is 12.1 Å². The summed E-state index contributed by atoms with van der Waals surface area (Å²) < 4.78 is 50.4. The van der Waals surface area contributed by atoms with Crippen LogP contribution in [0.5, 0.6) is 0 Å². The van der Waals surface area contributed by atoms with E-state index < -0.39 is 11.7 Å². The van der Waals surface area contributed by atoms with E-state index >= 15 is 0 Å². The molecular formula is C64H39F3N6. The number of alkyl halides is 3. The highest BCUT2D eigenvalue weighted by atomic mass is 19.4. The first-order valence-electron chi connectivity index (χ1n) is 24.1. The molecule has 346 valence electrons. The van der Waals surface area contributed by atoms with Gasteiger partial charge in [0.2, 0.25) is 0 Å². The molecule has 0 spiro atoms. The minimum absolute atomic E-state index is 0.319. The number of aromatic nitrogens is 6. The van der Waals surface area contributed by atoms with Crippen molar-refractivity contribution in [3.63, 3.8) is 0 Å². The van der Waals surface area contributed by atoms with Gasteiger partial charge in [0.1, 0.15) is 0 Å². The summed E-state index contributed by atoms with van der Waals surface area (Å²) in [5, 5.41) is 6.71. The normalized spacial score (nSPS) is 12.0. The van der Waals surface area contributed by atoms with Crippen LogP contribution in [0.1, 0.15) is 5.56 Å². The van der Waals surface area contributed by atoms with Crippen LogP contribution in [0, 0.1) is 0 Å². The summed E-state index contributed by atoms with van der Waals surface area (Å²) in [6.07, 6.45) is -4.56. The van der Waals surface area contributed by atoms with Crippen molar-refractivity contribution >= 4 is 65.4 Å². The molecule has 4 aromatic heterocycles. The molecule has 0 saturated carbocycles. The Kier molecular flexibility index (Phi) is 9.56. The lowest BCUT2D eigenvalue weighted by Crippen LogP contribution is -2.05. The van der Waals surface area contributed by atoms with Gasteiger partial charge in [-0.3, -0.25) is 0 Å². The highest BCUT2D eigenvalue weighted by Crippen LogP contribution is 2.42. The number of fused-ring (bicyclic) bond motifs is 9. The molecule has 9 heteroatoms. The number of halogens is 3. The van der Waals surface area contributed by atoms with E-state index in [1.54, 1.807) is 6.07 Å². The van der Waals surface area contributed by atoms with Crippen molar-refractivity contribution in [3.05, 3.63) is 242 Å². The summed E-state index contributed by atoms with van der Waals surface area (Å²) in [4.78, 5) is 15.3. The van der Waals surface area contributed by atoms with Crippen molar-refractivity contribution in [1.29, 1.82) is 0 Å². The second kappa shape index (κ2) is 16.5. The molecule has 14 rings (SSSR count). The molecule has 0 unspecified atom stereocenters. The second-order valence-electron chi connectivity index (χ2n) is 18.3. The number of rotatable bonds is 7.